The number of carbonyl (C=O) groups excluding carboxylic acids is 3. The number of carbonyl (C=O) groups is 3. The van der Waals surface area contributed by atoms with Crippen LogP contribution >= 0.6 is 12.4 Å². The number of hydrogen-bond acceptors (Lipinski definition) is 8. The number of esters is 1. The van der Waals surface area contributed by atoms with E-state index >= 15 is 0 Å². The van der Waals surface area contributed by atoms with Crippen LogP contribution in [0.25, 0.3) is 0 Å². The fourth-order valence-electron chi connectivity index (χ4n) is 3.86. The van der Waals surface area contributed by atoms with E-state index in [9.17, 15) is 14.4 Å². The summed E-state index contributed by atoms with van der Waals surface area (Å²) >= 11 is 0. The Morgan fingerprint density at radius 2 is 1.78 bits per heavy atom. The van der Waals surface area contributed by atoms with Crippen molar-refractivity contribution in [1.82, 2.24) is 10.2 Å². The number of methoxy groups -OCH3 is 1. The predicted octanol–water partition coefficient (Wildman–Crippen LogP) is 1.21. The Hall–Kier alpha value is -3.99. The van der Waals surface area contributed by atoms with Gasteiger partial charge in [0.15, 0.2) is 0 Å². The van der Waals surface area contributed by atoms with Crippen LogP contribution in [-0.2, 0) is 19.1 Å². The van der Waals surface area contributed by atoms with Gasteiger partial charge in [-0.1, -0.05) is 24.3 Å². The highest BCUT2D eigenvalue weighted by atomic mass is 35.5. The number of amides is 2. The number of nitrogens with two attached hydrogens (primary N) is 1. The molecule has 0 aromatic heterocycles. The summed E-state index contributed by atoms with van der Waals surface area (Å²) in [5.41, 5.74) is 7.34. The number of nitrogens with zero attached hydrogens (tertiary/aromatic N) is 2. The van der Waals surface area contributed by atoms with Gasteiger partial charge in [-0.15, -0.1) is 12.4 Å². The monoisotopic (exact) mass is 532 g/mol. The minimum Gasteiger partial charge on any atom is -0.495 e. The van der Waals surface area contributed by atoms with Crippen LogP contribution in [0.5, 0.6) is 5.75 Å². The number of ether oxygens (including phenoxy) is 2. The summed E-state index contributed by atoms with van der Waals surface area (Å²) in [7, 11) is 1.62. The summed E-state index contributed by atoms with van der Waals surface area (Å²) in [5, 5.41) is 12.9. The molecule has 0 spiro atoms. The second-order valence-corrected chi connectivity index (χ2v) is 8.08. The lowest BCUT2D eigenvalue weighted by Gasteiger charge is -2.36. The Morgan fingerprint density at radius 1 is 1.08 bits per heavy atom. The molecule has 1 unspecified atom stereocenters. The Balaban J connectivity index is 0.00000481. The fraction of sp³-hybridized carbons (Fsp3) is 0.360. The van der Waals surface area contributed by atoms with Gasteiger partial charge in [0.25, 0.3) is 5.91 Å². The van der Waals surface area contributed by atoms with Gasteiger partial charge < -0.3 is 35.6 Å². The largest absolute Gasteiger partial charge is 0.495 e. The Morgan fingerprint density at radius 3 is 2.43 bits per heavy atom. The van der Waals surface area contributed by atoms with Crippen LogP contribution in [-0.4, -0.2) is 81.0 Å². The van der Waals surface area contributed by atoms with Crippen molar-refractivity contribution < 1.29 is 23.9 Å². The molecular weight excluding hydrogens is 500 g/mol. The number of anilines is 2. The molecule has 5 N–H and O–H groups in total. The van der Waals surface area contributed by atoms with Crippen molar-refractivity contribution in [2.45, 2.75) is 13.0 Å². The number of nitrogens with one attached hydrogen (secondary N) is 3. The lowest BCUT2D eigenvalue weighted by molar-refractivity contribution is -0.147. The van der Waals surface area contributed by atoms with Crippen LogP contribution in [0, 0.1) is 5.41 Å². The maximum Gasteiger partial charge on any atom is 0.338 e. The van der Waals surface area contributed by atoms with E-state index in [-0.39, 0.29) is 37.3 Å². The molecule has 1 aliphatic heterocycles. The number of rotatable bonds is 10. The lowest BCUT2D eigenvalue weighted by atomic mass is 10.1. The van der Waals surface area contributed by atoms with Crippen LogP contribution in [0.15, 0.2) is 48.5 Å². The number of para-hydroxylation sites is 2. The lowest BCUT2D eigenvalue weighted by Crippen LogP contribution is -2.53. The maximum absolute atomic E-state index is 12.8. The van der Waals surface area contributed by atoms with Crippen LogP contribution in [0.2, 0.25) is 0 Å². The number of piperazine rings is 1. The van der Waals surface area contributed by atoms with E-state index in [0.29, 0.717) is 37.4 Å². The molecule has 2 aromatic rings. The summed E-state index contributed by atoms with van der Waals surface area (Å²) in [6.07, 6.45) is 0. The first-order valence-electron chi connectivity index (χ1n) is 11.6. The van der Waals surface area contributed by atoms with E-state index in [4.69, 9.17) is 20.6 Å². The van der Waals surface area contributed by atoms with Crippen molar-refractivity contribution in [2.75, 3.05) is 56.7 Å². The van der Waals surface area contributed by atoms with E-state index in [1.54, 1.807) is 43.2 Å². The average molecular weight is 533 g/mol. The first kappa shape index (κ1) is 29.2. The molecule has 1 fully saturated rings. The molecular formula is C25H33ClN6O5. The van der Waals surface area contributed by atoms with Gasteiger partial charge in [-0.05, 0) is 31.2 Å². The smallest absolute Gasteiger partial charge is 0.338 e. The molecule has 0 aliphatic carbocycles. The van der Waals surface area contributed by atoms with E-state index in [1.807, 2.05) is 24.3 Å². The highest BCUT2D eigenvalue weighted by molar-refractivity contribution is 6.05. The fourth-order valence-corrected chi connectivity index (χ4v) is 3.86. The quantitative estimate of drug-likeness (QED) is 0.154. The van der Waals surface area contributed by atoms with Gasteiger partial charge in [-0.2, -0.15) is 0 Å². The molecule has 12 heteroatoms. The topological polar surface area (TPSA) is 150 Å². The van der Waals surface area contributed by atoms with Gasteiger partial charge >= 0.3 is 5.97 Å². The third-order valence-corrected chi connectivity index (χ3v) is 5.74. The summed E-state index contributed by atoms with van der Waals surface area (Å²) in [6, 6.07) is 12.8. The van der Waals surface area contributed by atoms with Gasteiger partial charge in [0.05, 0.1) is 25.9 Å². The van der Waals surface area contributed by atoms with E-state index in [1.165, 1.54) is 0 Å². The van der Waals surface area contributed by atoms with E-state index in [0.717, 1.165) is 11.4 Å². The maximum atomic E-state index is 12.8. The zero-order valence-corrected chi connectivity index (χ0v) is 21.7. The minimum absolute atomic E-state index is 0. The van der Waals surface area contributed by atoms with Crippen molar-refractivity contribution in [2.24, 2.45) is 5.73 Å². The normalized spacial score (nSPS) is 13.6. The number of benzene rings is 2. The molecule has 37 heavy (non-hydrogen) atoms. The highest BCUT2D eigenvalue weighted by Gasteiger charge is 2.29. The van der Waals surface area contributed by atoms with Crippen LogP contribution in [0.4, 0.5) is 11.4 Å². The molecule has 1 heterocycles. The second kappa shape index (κ2) is 13.9. The summed E-state index contributed by atoms with van der Waals surface area (Å²) < 4.78 is 10.5. The number of halogens is 1. The molecule has 0 radical (unpaired) electrons. The zero-order valence-electron chi connectivity index (χ0n) is 20.9. The first-order valence-corrected chi connectivity index (χ1v) is 11.6. The Bertz CT molecular complexity index is 1110. The number of nitrogen functional groups attached to an aromatic ring is 1. The summed E-state index contributed by atoms with van der Waals surface area (Å²) in [4.78, 5) is 41.9. The van der Waals surface area contributed by atoms with Crippen molar-refractivity contribution in [1.29, 1.82) is 5.41 Å². The average Bonchev–Trinajstić information content (AvgIpc) is 2.90. The molecule has 2 aromatic carbocycles. The van der Waals surface area contributed by atoms with Crippen LogP contribution < -0.4 is 26.0 Å². The molecule has 11 nitrogen and oxygen atoms in total. The first-order chi connectivity index (χ1) is 17.3. The van der Waals surface area contributed by atoms with Crippen molar-refractivity contribution in [3.8, 4) is 5.75 Å². The SMILES string of the molecule is CCOC(=O)C(Nc1cccc(C(=N)N)c1)C(=O)NCC(=O)N1CCN(c2ccccc2OC)CC1.Cl. The summed E-state index contributed by atoms with van der Waals surface area (Å²) in [5.74, 6) is -1.09. The molecule has 1 saturated heterocycles. The van der Waals surface area contributed by atoms with Gasteiger partial charge in [0, 0.05) is 37.4 Å². The third kappa shape index (κ3) is 7.74. The molecule has 1 atom stereocenters. The Labute approximate surface area is 222 Å². The second-order valence-electron chi connectivity index (χ2n) is 8.08. The van der Waals surface area contributed by atoms with Crippen molar-refractivity contribution >= 4 is 47.4 Å². The number of amidine groups is 1. The molecule has 3 rings (SSSR count). The van der Waals surface area contributed by atoms with Gasteiger partial charge in [-0.3, -0.25) is 15.0 Å². The molecule has 1 aliphatic rings. The molecule has 200 valence electrons. The minimum atomic E-state index is -1.37. The van der Waals surface area contributed by atoms with Crippen LogP contribution in [0.3, 0.4) is 0 Å². The Kier molecular flexibility index (Phi) is 11.0. The van der Waals surface area contributed by atoms with Gasteiger partial charge in [0.1, 0.15) is 11.6 Å². The van der Waals surface area contributed by atoms with Crippen molar-refractivity contribution in [3.05, 3.63) is 54.1 Å². The van der Waals surface area contributed by atoms with E-state index < -0.39 is 17.9 Å². The molecule has 2 amide bonds. The summed E-state index contributed by atoms with van der Waals surface area (Å²) in [6.45, 7) is 3.70. The zero-order chi connectivity index (χ0) is 26.1. The predicted molar refractivity (Wildman–Crippen MR) is 144 cm³/mol. The van der Waals surface area contributed by atoms with Crippen molar-refractivity contribution in [3.63, 3.8) is 0 Å². The van der Waals surface area contributed by atoms with Crippen LogP contribution in [0.1, 0.15) is 12.5 Å². The van der Waals surface area contributed by atoms with Gasteiger partial charge in [0.2, 0.25) is 11.9 Å². The third-order valence-electron chi connectivity index (χ3n) is 5.74. The highest BCUT2D eigenvalue weighted by Crippen LogP contribution is 2.28. The molecule has 0 bridgehead atoms. The van der Waals surface area contributed by atoms with E-state index in [2.05, 4.69) is 15.5 Å². The number of hydrogen-bond donors (Lipinski definition) is 4. The van der Waals surface area contributed by atoms with Gasteiger partial charge in [-0.25, -0.2) is 4.79 Å². The molecule has 0 saturated carbocycles. The standard InChI is InChI=1S/C25H32N6O5.ClH/c1-3-36-25(34)22(29-18-8-6-7-17(15-18)23(26)27)24(33)28-16-21(32)31-13-11-30(12-14-31)19-9-4-5-10-20(19)35-2;/h4-10,15,22,29H,3,11-14,16H2,1-2H3,(H3,26,27)(H,28,33);1H.